The molecule has 0 unspecified atom stereocenters. The maximum Gasteiger partial charge on any atom is 0.0240 e. The van der Waals surface area contributed by atoms with Crippen LogP contribution in [0.3, 0.4) is 0 Å². The Kier molecular flexibility index (Phi) is 20.6. The van der Waals surface area contributed by atoms with Gasteiger partial charge in [-0.1, -0.05) is 291 Å². The van der Waals surface area contributed by atoms with Crippen LogP contribution >= 0.6 is 0 Å². The molecule has 48 heterocycles. The molecule has 0 aliphatic carbocycles. The zero-order chi connectivity index (χ0) is 69.4. The van der Waals surface area contributed by atoms with Crippen LogP contribution in [0, 0.1) is 0 Å². The molecule has 0 radical (unpaired) electrons. The molecule has 0 amide bonds. The third kappa shape index (κ3) is 18.1. The predicted molar refractivity (Wildman–Crippen MR) is 421 cm³/mol. The van der Waals surface area contributed by atoms with Crippen molar-refractivity contribution in [3.05, 3.63) is 425 Å². The number of nitrogens with zero attached hydrogens (tertiary/aromatic N) is 8. The van der Waals surface area contributed by atoms with E-state index in [2.05, 4.69) is 330 Å². The Balaban J connectivity index is 0.832. The zero-order valence-corrected chi connectivity index (χ0v) is 60.3. The van der Waals surface area contributed by atoms with Crippen molar-refractivity contribution in [3.8, 4) is 0 Å². The molecule has 0 saturated carbocycles. The minimum absolute atomic E-state index is 0.834. The summed E-state index contributed by atoms with van der Waals surface area (Å²) in [4.78, 5) is 21.2. The van der Waals surface area contributed by atoms with Gasteiger partial charge in [0.05, 0.1) is 0 Å². The smallest absolute Gasteiger partial charge is 0.0240 e. The van der Waals surface area contributed by atoms with Crippen molar-refractivity contribution in [2.45, 2.75) is 157 Å². The molecule has 520 valence electrons. The molecule has 0 atom stereocenters. The van der Waals surface area contributed by atoms with Crippen LogP contribution in [0.25, 0.3) is 0 Å². The fraction of sp³-hybridized carbons (Fsp3) is 0.250. The molecule has 0 spiro atoms. The first kappa shape index (κ1) is 67.5. The molecular weight excluding hydrogens is 1270 g/mol. The van der Waals surface area contributed by atoms with Gasteiger partial charge in [0.1, 0.15) is 0 Å². The molecule has 60 rings (SSSR count). The molecule has 8 nitrogen and oxygen atoms in total. The van der Waals surface area contributed by atoms with Gasteiger partial charge in [0.2, 0.25) is 0 Å². The third-order valence-electron chi connectivity index (χ3n) is 22.0. The van der Waals surface area contributed by atoms with Crippen LogP contribution in [0.2, 0.25) is 0 Å². The summed E-state index contributed by atoms with van der Waals surface area (Å²) in [7, 11) is 0. The summed E-state index contributed by atoms with van der Waals surface area (Å²) in [5.74, 6) is 0. The van der Waals surface area contributed by atoms with Crippen LogP contribution < -0.4 is 0 Å². The van der Waals surface area contributed by atoms with Gasteiger partial charge in [-0.05, 0) is 134 Å². The molecule has 48 aliphatic rings. The van der Waals surface area contributed by atoms with E-state index in [1.807, 2.05) is 0 Å². The second-order valence-corrected chi connectivity index (χ2v) is 31.0. The lowest BCUT2D eigenvalue weighted by Gasteiger charge is -2.27. The molecule has 0 N–H and O–H groups in total. The van der Waals surface area contributed by atoms with Gasteiger partial charge in [0, 0.05) is 157 Å². The topological polar surface area (TPSA) is 25.9 Å². The molecule has 32 bridgehead atoms. The van der Waals surface area contributed by atoms with E-state index in [-0.39, 0.29) is 0 Å². The second-order valence-electron chi connectivity index (χ2n) is 31.0. The SMILES string of the molecule is c1cc2ccc1CN1Cc3ccc(cc3)CN3Cc4ccc(cc4)CN4Cc5ccc(cc5)CN(C2)Cc2ccc(cc2)CN2Cc5ccc(cc5)CN(Cc5ccc(cc5)C1)Cc1ccc(cc1)CN(Cc1ccc(cc1)C3)Cc1ccc(cc1)CN(Cc1ccc(cc1)C4)Cc1ccc(cc1)C2. The van der Waals surface area contributed by atoms with E-state index in [0.29, 0.717) is 0 Å². The first-order chi connectivity index (χ1) is 51.2. The minimum Gasteiger partial charge on any atom is -0.291 e. The summed E-state index contributed by atoms with van der Waals surface area (Å²) in [6.45, 7) is 20.0. The summed E-state index contributed by atoms with van der Waals surface area (Å²) in [5.41, 5.74) is 31.8. The summed E-state index contributed by atoms with van der Waals surface area (Å²) >= 11 is 0. The van der Waals surface area contributed by atoms with Crippen LogP contribution in [0.4, 0.5) is 0 Å². The Hall–Kier alpha value is -9.68. The minimum atomic E-state index is 0.834. The van der Waals surface area contributed by atoms with Crippen molar-refractivity contribution >= 4 is 0 Å². The van der Waals surface area contributed by atoms with Crippen LogP contribution in [0.1, 0.15) is 134 Å². The predicted octanol–water partition coefficient (Wildman–Crippen LogP) is 18.9. The van der Waals surface area contributed by atoms with E-state index in [9.17, 15) is 0 Å². The lowest BCUT2D eigenvalue weighted by molar-refractivity contribution is 0.241. The molecule has 48 aliphatic heterocycles. The molecule has 12 aromatic rings. The van der Waals surface area contributed by atoms with E-state index >= 15 is 0 Å². The maximum atomic E-state index is 2.64. The normalized spacial score (nSPS) is 21.7. The van der Waals surface area contributed by atoms with Gasteiger partial charge in [-0.3, -0.25) is 39.2 Å². The molecule has 0 fully saturated rings. The Morgan fingerprint density at radius 1 is 0.0769 bits per heavy atom. The second kappa shape index (κ2) is 31.7. The quantitative estimate of drug-likeness (QED) is 0.148. The molecule has 0 saturated heterocycles. The lowest BCUT2D eigenvalue weighted by Crippen LogP contribution is -2.25. The first-order valence-corrected chi connectivity index (χ1v) is 37.9. The average Bonchev–Trinajstić information content (AvgIpc) is 0.859. The molecular formula is C96H96N8. The van der Waals surface area contributed by atoms with Crippen molar-refractivity contribution in [2.75, 3.05) is 0 Å². The van der Waals surface area contributed by atoms with Gasteiger partial charge in [-0.15, -0.1) is 0 Å². The third-order valence-corrected chi connectivity index (χ3v) is 22.0. The van der Waals surface area contributed by atoms with Gasteiger partial charge >= 0.3 is 0 Å². The van der Waals surface area contributed by atoms with Crippen LogP contribution in [0.15, 0.2) is 291 Å². The highest BCUT2D eigenvalue weighted by Crippen LogP contribution is 2.29. The monoisotopic (exact) mass is 1360 g/mol. The summed E-state index contributed by atoms with van der Waals surface area (Å²) in [5, 5.41) is 0. The summed E-state index contributed by atoms with van der Waals surface area (Å²) < 4.78 is 0. The molecule has 104 heavy (non-hydrogen) atoms. The number of rotatable bonds is 0. The number of benzene rings is 12. The molecule has 0 aromatic heterocycles. The van der Waals surface area contributed by atoms with Crippen LogP contribution in [-0.4, -0.2) is 39.2 Å². The highest BCUT2D eigenvalue weighted by molar-refractivity contribution is 5.35. The van der Waals surface area contributed by atoms with E-state index in [1.54, 1.807) is 0 Å². The highest BCUT2D eigenvalue weighted by atomic mass is 15.2. The van der Waals surface area contributed by atoms with Crippen molar-refractivity contribution in [1.82, 2.24) is 39.2 Å². The maximum absolute atomic E-state index is 2.64. The van der Waals surface area contributed by atoms with Gasteiger partial charge in [-0.25, -0.2) is 0 Å². The van der Waals surface area contributed by atoms with Crippen molar-refractivity contribution < 1.29 is 0 Å². The summed E-state index contributed by atoms with van der Waals surface area (Å²) in [6.07, 6.45) is 0. The zero-order valence-electron chi connectivity index (χ0n) is 60.3. The number of hydrogen-bond donors (Lipinski definition) is 0. The van der Waals surface area contributed by atoms with Gasteiger partial charge in [-0.2, -0.15) is 0 Å². The van der Waals surface area contributed by atoms with E-state index in [0.717, 1.165) is 157 Å². The Morgan fingerprint density at radius 2 is 0.115 bits per heavy atom. The fourth-order valence-electron chi connectivity index (χ4n) is 16.5. The van der Waals surface area contributed by atoms with Crippen molar-refractivity contribution in [3.63, 3.8) is 0 Å². The number of hydrogen-bond acceptors (Lipinski definition) is 8. The Bertz CT molecular complexity index is 3340. The van der Waals surface area contributed by atoms with Gasteiger partial charge in [0.15, 0.2) is 0 Å². The van der Waals surface area contributed by atoms with Crippen molar-refractivity contribution in [2.24, 2.45) is 0 Å². The van der Waals surface area contributed by atoms with E-state index in [1.165, 1.54) is 134 Å². The van der Waals surface area contributed by atoms with E-state index in [4.69, 9.17) is 0 Å². The van der Waals surface area contributed by atoms with E-state index < -0.39 is 0 Å². The average molecular weight is 1360 g/mol. The first-order valence-electron chi connectivity index (χ1n) is 37.9. The standard InChI is InChI=1S/C96H96N8/c1-2-74-4-3-73(1)49-97-51-75-5-9-79(10-6-75)55-99-59-83-21-29-87(30-22-83)63-101-57-81-17-13-77(14-18-81)53-98(50-74)54-78-15-19-82(20-16-78)58-102-64-88-31-23-84(24-32-88)60-100(56-80-11-7-76(52-97)8-12-80)62-86-27-35-92(36-28-86)68-103(67-91-33-25-85(61-99)26-34-91)71-95-45-47-96(48-46-95)72-104(69-93-41-37-89(65-101)38-42-93)70-94-43-39-90(66-102)40-44-94/h1-48H,49-72H2. The largest absolute Gasteiger partial charge is 0.291 e. The van der Waals surface area contributed by atoms with Crippen molar-refractivity contribution in [1.29, 1.82) is 0 Å². The van der Waals surface area contributed by atoms with Crippen LogP contribution in [0.5, 0.6) is 0 Å². The fourth-order valence-corrected chi connectivity index (χ4v) is 16.5. The van der Waals surface area contributed by atoms with Gasteiger partial charge < -0.3 is 0 Å². The Labute approximate surface area is 617 Å². The molecule has 8 heteroatoms. The molecule has 12 aromatic carbocycles. The lowest BCUT2D eigenvalue weighted by atomic mass is 10.0. The van der Waals surface area contributed by atoms with Crippen LogP contribution in [-0.2, 0) is 157 Å². The van der Waals surface area contributed by atoms with Gasteiger partial charge in [0.25, 0.3) is 0 Å². The highest BCUT2D eigenvalue weighted by Gasteiger charge is 2.21. The Morgan fingerprint density at radius 3 is 0.154 bits per heavy atom. The summed E-state index contributed by atoms with van der Waals surface area (Å²) in [6, 6.07) is 115.